The number of aliphatic hydroxyl groups excluding tert-OH is 13. The van der Waals surface area contributed by atoms with Crippen molar-refractivity contribution in [3.05, 3.63) is 11.6 Å². The topological polar surface area (TPSA) is 456 Å². The van der Waals surface area contributed by atoms with Crippen molar-refractivity contribution < 1.29 is 143 Å². The lowest BCUT2D eigenvalue weighted by Crippen LogP contribution is -2.71. The van der Waals surface area contributed by atoms with Crippen LogP contribution in [0.15, 0.2) is 11.6 Å². The van der Waals surface area contributed by atoms with E-state index in [2.05, 4.69) is 33.8 Å². The molecular weight excluding hydrogens is 1170 g/mol. The van der Waals surface area contributed by atoms with Gasteiger partial charge < -0.3 is 129 Å². The summed E-state index contributed by atoms with van der Waals surface area (Å²) in [6, 6.07) is 0. The van der Waals surface area contributed by atoms with Gasteiger partial charge in [-0.1, -0.05) is 46.3 Å². The largest absolute Gasteiger partial charge is 0.481 e. The van der Waals surface area contributed by atoms with Crippen molar-refractivity contribution >= 4 is 17.9 Å². The Labute approximate surface area is 508 Å². The second kappa shape index (κ2) is 24.5. The number of ether oxygens (including phenoxy) is 11. The van der Waals surface area contributed by atoms with Crippen LogP contribution in [0, 0.1) is 50.2 Å². The molecule has 9 fully saturated rings. The molecule has 5 saturated heterocycles. The van der Waals surface area contributed by atoms with Gasteiger partial charge in [0.05, 0.1) is 56.8 Å². The normalized spacial score (nSPS) is 53.5. The van der Waals surface area contributed by atoms with Crippen LogP contribution in [-0.4, -0.2) is 274 Å². The number of carboxylic acids is 1. The first-order chi connectivity index (χ1) is 41.1. The summed E-state index contributed by atoms with van der Waals surface area (Å²) in [4.78, 5) is 41.8. The van der Waals surface area contributed by atoms with Crippen LogP contribution < -0.4 is 0 Å². The van der Waals surface area contributed by atoms with Crippen molar-refractivity contribution in [1.29, 1.82) is 0 Å². The van der Waals surface area contributed by atoms with Crippen LogP contribution in [0.3, 0.4) is 0 Å². The SMILES string of the molecule is CC(=O)O[C@@H]1[C@@H](O[C@H]2OC[C@@](O)(CO)[C@@H]2O)[C@H](O)[C@@H](O[C@@H]2[C@@H](OC(=O)[C@]34CCC(C)(C)C[C@H]3C3=CC[C@H]5[C@]6(C)C[C@H](O)[C@@H](O[C@H]7O[C@@H](CO)[C@H](O[C@H]8OC[C@H](O)[C@@H](O)[C@@H]8O)[C@@H](O)[C@@H]7O)[C@](C)(C(=O)O)[C@H]6CC[C@@]5(C)[C@]3(C)C[C@@H]4O)OC[C@H](O)[C@H]2O)O[C@H]1C. The van der Waals surface area contributed by atoms with Crippen molar-refractivity contribution in [2.45, 2.75) is 254 Å². The molecule has 32 atom stereocenters. The van der Waals surface area contributed by atoms with Gasteiger partial charge in [-0.2, -0.15) is 0 Å². The summed E-state index contributed by atoms with van der Waals surface area (Å²) in [5.41, 5.74) is -7.70. The molecule has 5 aliphatic carbocycles. The molecule has 0 aromatic heterocycles. The zero-order valence-electron chi connectivity index (χ0n) is 50.7. The van der Waals surface area contributed by atoms with E-state index in [4.69, 9.17) is 52.1 Å². The predicted molar refractivity (Wildman–Crippen MR) is 290 cm³/mol. The molecule has 0 radical (unpaired) electrons. The lowest BCUT2D eigenvalue weighted by atomic mass is 9.33. The number of allylic oxidation sites excluding steroid dienone is 2. The van der Waals surface area contributed by atoms with Crippen LogP contribution in [0.2, 0.25) is 0 Å². The first-order valence-electron chi connectivity index (χ1n) is 30.6. The van der Waals surface area contributed by atoms with Gasteiger partial charge in [0.1, 0.15) is 90.4 Å². The maximum Gasteiger partial charge on any atom is 0.317 e. The van der Waals surface area contributed by atoms with Crippen molar-refractivity contribution in [2.75, 3.05) is 33.0 Å². The van der Waals surface area contributed by atoms with E-state index in [0.29, 0.717) is 25.7 Å². The number of fused-ring (bicyclic) bond motifs is 7. The van der Waals surface area contributed by atoms with Crippen LogP contribution in [0.25, 0.3) is 0 Å². The highest BCUT2D eigenvalue weighted by molar-refractivity contribution is 5.80. The molecule has 15 N–H and O–H groups in total. The third-order valence-electron chi connectivity index (χ3n) is 22.8. The average Bonchev–Trinajstić information content (AvgIpc) is 0.722. The Morgan fingerprint density at radius 3 is 1.89 bits per heavy atom. The van der Waals surface area contributed by atoms with E-state index in [-0.39, 0.29) is 37.0 Å². The van der Waals surface area contributed by atoms with Crippen molar-refractivity contribution in [3.63, 3.8) is 0 Å². The Hall–Kier alpha value is -2.77. The Kier molecular flexibility index (Phi) is 19.0. The van der Waals surface area contributed by atoms with Gasteiger partial charge in [0.2, 0.25) is 6.29 Å². The maximum atomic E-state index is 15.5. The lowest BCUT2D eigenvalue weighted by molar-refractivity contribution is -0.365. The van der Waals surface area contributed by atoms with Crippen molar-refractivity contribution in [2.24, 2.45) is 50.2 Å². The molecule has 502 valence electrons. The third-order valence-corrected chi connectivity index (χ3v) is 22.8. The summed E-state index contributed by atoms with van der Waals surface area (Å²) in [5, 5.41) is 167. The molecule has 4 saturated carbocycles. The molecule has 10 aliphatic rings. The molecule has 0 unspecified atom stereocenters. The number of carboxylic acid groups (broad SMARTS) is 1. The van der Waals surface area contributed by atoms with Gasteiger partial charge in [0, 0.05) is 6.92 Å². The van der Waals surface area contributed by atoms with E-state index in [1.807, 2.05) is 6.92 Å². The van der Waals surface area contributed by atoms with E-state index >= 15 is 4.79 Å². The number of aliphatic hydroxyl groups is 14. The lowest BCUT2D eigenvalue weighted by Gasteiger charge is -2.71. The van der Waals surface area contributed by atoms with Crippen LogP contribution in [0.4, 0.5) is 0 Å². The molecule has 0 aromatic carbocycles. The van der Waals surface area contributed by atoms with Gasteiger partial charge in [-0.05, 0) is 105 Å². The molecule has 5 aliphatic heterocycles. The molecule has 29 nitrogen and oxygen atoms in total. The zero-order chi connectivity index (χ0) is 64.5. The van der Waals surface area contributed by atoms with Gasteiger partial charge in [-0.3, -0.25) is 14.4 Å². The Bertz CT molecular complexity index is 2580. The van der Waals surface area contributed by atoms with E-state index < -0.39 is 237 Å². The van der Waals surface area contributed by atoms with Crippen LogP contribution in [-0.2, 0) is 66.5 Å². The molecular formula is C59H92O29. The summed E-state index contributed by atoms with van der Waals surface area (Å²) < 4.78 is 64.4. The molecule has 0 amide bonds. The molecule has 88 heavy (non-hydrogen) atoms. The van der Waals surface area contributed by atoms with E-state index in [9.17, 15) is 86.2 Å². The average molecular weight is 1270 g/mol. The predicted octanol–water partition coefficient (Wildman–Crippen LogP) is -3.69. The number of carbonyl (C=O) groups is 3. The van der Waals surface area contributed by atoms with Gasteiger partial charge in [0.15, 0.2) is 37.4 Å². The number of rotatable bonds is 14. The minimum absolute atomic E-state index is 0.00783. The van der Waals surface area contributed by atoms with E-state index in [1.165, 1.54) is 13.8 Å². The highest BCUT2D eigenvalue weighted by Gasteiger charge is 2.74. The van der Waals surface area contributed by atoms with Crippen LogP contribution in [0.5, 0.6) is 0 Å². The fourth-order valence-electron chi connectivity index (χ4n) is 17.6. The number of carbonyl (C=O) groups excluding carboxylic acids is 2. The number of hydrogen-bond acceptors (Lipinski definition) is 28. The molecule has 29 heteroatoms. The fraction of sp³-hybridized carbons (Fsp3) is 0.915. The molecule has 5 heterocycles. The summed E-state index contributed by atoms with van der Waals surface area (Å²) >= 11 is 0. The monoisotopic (exact) mass is 1260 g/mol. The minimum Gasteiger partial charge on any atom is -0.481 e. The standard InChI is InChI=1S/C59H92O29/c1-23-40(82-24(2)62)42(85-50-44(73)58(77,21-61)22-80-50)39(72)48(81-23)86-43-35(68)29(65)20-79-49(43)88-52(76)59-14-13-53(3,4)15-26(59)25-9-10-31-54(5)16-27(63)45(57(8,51(74)75)32(54)11-12-55(31,6)56(25,7)17-33(59)66)87-47-38(71)36(69)41(30(18-60)83-47)84-46-37(70)34(67)28(64)19-78-46/h9,23,26-50,60-61,63-73,77H,10-22H2,1-8H3,(H,74,75)/t23-,26-,27-,28-,29-,30-,31-,32-,33-,34+,35+,36-,37-,38-,39-,40-,41-,42-,43-,44+,45+,46+,47+,48+,49+,50+,54-,55+,56+,57+,58-,59+/m0/s1. The van der Waals surface area contributed by atoms with Crippen molar-refractivity contribution in [1.82, 2.24) is 0 Å². The quantitative estimate of drug-likeness (QED) is 0.0452. The Morgan fingerprint density at radius 2 is 1.25 bits per heavy atom. The zero-order valence-corrected chi connectivity index (χ0v) is 50.7. The van der Waals surface area contributed by atoms with Gasteiger partial charge >= 0.3 is 17.9 Å². The summed E-state index contributed by atoms with van der Waals surface area (Å²) in [6.07, 6.45) is -34.1. The number of esters is 2. The maximum absolute atomic E-state index is 15.5. The summed E-state index contributed by atoms with van der Waals surface area (Å²) in [5.74, 6) is -4.75. The highest BCUT2D eigenvalue weighted by atomic mass is 16.8. The number of hydrogen-bond donors (Lipinski definition) is 15. The van der Waals surface area contributed by atoms with Crippen LogP contribution >= 0.6 is 0 Å². The first kappa shape index (κ1) is 68.1. The smallest absolute Gasteiger partial charge is 0.317 e. The molecule has 0 aromatic rings. The van der Waals surface area contributed by atoms with Crippen LogP contribution in [0.1, 0.15) is 107 Å². The van der Waals surface area contributed by atoms with E-state index in [1.54, 1.807) is 0 Å². The van der Waals surface area contributed by atoms with Gasteiger partial charge in [-0.15, -0.1) is 0 Å². The third kappa shape index (κ3) is 11.0. The second-order valence-corrected chi connectivity index (χ2v) is 28.5. The Morgan fingerprint density at radius 1 is 0.625 bits per heavy atom. The van der Waals surface area contributed by atoms with Crippen molar-refractivity contribution in [3.8, 4) is 0 Å². The molecule has 0 spiro atoms. The number of aliphatic carboxylic acids is 1. The second-order valence-electron chi connectivity index (χ2n) is 28.5. The Balaban J connectivity index is 0.897. The van der Waals surface area contributed by atoms with Gasteiger partial charge in [-0.25, -0.2) is 0 Å². The molecule has 10 rings (SSSR count). The summed E-state index contributed by atoms with van der Waals surface area (Å²) in [7, 11) is 0. The minimum atomic E-state index is -2.14. The van der Waals surface area contributed by atoms with E-state index in [0.717, 1.165) is 12.5 Å². The fourth-order valence-corrected chi connectivity index (χ4v) is 17.6. The summed E-state index contributed by atoms with van der Waals surface area (Å²) in [6.45, 7) is 10.9. The molecule has 0 bridgehead atoms. The van der Waals surface area contributed by atoms with Gasteiger partial charge in [0.25, 0.3) is 0 Å². The highest BCUT2D eigenvalue weighted by Crippen LogP contribution is 2.76. The first-order valence-corrected chi connectivity index (χ1v) is 30.6.